The van der Waals surface area contributed by atoms with Crippen molar-refractivity contribution in [3.05, 3.63) is 28.5 Å². The fraction of sp³-hybridized carbons (Fsp3) is 0.375. The van der Waals surface area contributed by atoms with Gasteiger partial charge in [-0.25, -0.2) is 9.40 Å². The number of nitrogens with zero attached hydrogens (tertiary/aromatic N) is 2. The zero-order chi connectivity index (χ0) is 8.55. The molecule has 0 fully saturated rings. The normalized spacial score (nSPS) is 17.5. The first-order valence-corrected chi connectivity index (χ1v) is 4.52. The summed E-state index contributed by atoms with van der Waals surface area (Å²) in [5, 5.41) is 0.566. The summed E-state index contributed by atoms with van der Waals surface area (Å²) in [7, 11) is 0. The molecule has 2 rings (SSSR count). The zero-order valence-corrected chi connectivity index (χ0v) is 7.94. The van der Waals surface area contributed by atoms with Crippen LogP contribution in [-0.2, 0) is 13.0 Å². The molecule has 4 heteroatoms. The summed E-state index contributed by atoms with van der Waals surface area (Å²) >= 11 is 11.6. The van der Waals surface area contributed by atoms with Crippen LogP contribution in [0.5, 0.6) is 0 Å². The van der Waals surface area contributed by atoms with Gasteiger partial charge in [0.15, 0.2) is 0 Å². The highest BCUT2D eigenvalue weighted by Crippen LogP contribution is 2.20. The largest absolute Gasteiger partial charge is 0.241 e. The van der Waals surface area contributed by atoms with Crippen molar-refractivity contribution in [1.29, 1.82) is 0 Å². The van der Waals surface area contributed by atoms with Gasteiger partial charge in [0, 0.05) is 25.2 Å². The summed E-state index contributed by atoms with van der Waals surface area (Å²) in [4.78, 5) is 4.23. The molecule has 0 saturated heterocycles. The molecule has 0 saturated carbocycles. The molecule has 12 heavy (non-hydrogen) atoms. The monoisotopic (exact) mass is 202 g/mol. The molecule has 1 aliphatic heterocycles. The molecule has 1 aliphatic rings. The summed E-state index contributed by atoms with van der Waals surface area (Å²) in [6.07, 6.45) is 0.888. The maximum Gasteiger partial charge on any atom is 0.129 e. The molecule has 1 aromatic rings. The molecule has 2 heterocycles. The molecule has 0 spiro atoms. The maximum absolute atomic E-state index is 5.86. The van der Waals surface area contributed by atoms with Crippen molar-refractivity contribution < 1.29 is 0 Å². The van der Waals surface area contributed by atoms with E-state index < -0.39 is 0 Å². The van der Waals surface area contributed by atoms with E-state index in [0.29, 0.717) is 5.15 Å². The third-order valence-electron chi connectivity index (χ3n) is 1.97. The maximum atomic E-state index is 5.86. The average molecular weight is 203 g/mol. The van der Waals surface area contributed by atoms with E-state index in [1.165, 1.54) is 5.56 Å². The lowest BCUT2D eigenvalue weighted by Crippen LogP contribution is -2.22. The Bertz CT molecular complexity index is 301. The lowest BCUT2D eigenvalue weighted by molar-refractivity contribution is 0.424. The molecular formula is C8H8Cl2N2. The van der Waals surface area contributed by atoms with E-state index in [9.17, 15) is 0 Å². The van der Waals surface area contributed by atoms with Crippen LogP contribution < -0.4 is 0 Å². The molecule has 0 atom stereocenters. The Balaban J connectivity index is 2.37. The Morgan fingerprint density at radius 2 is 2.25 bits per heavy atom. The first kappa shape index (κ1) is 8.30. The molecular weight excluding hydrogens is 195 g/mol. The van der Waals surface area contributed by atoms with Crippen LogP contribution >= 0.6 is 23.4 Å². The molecule has 0 radical (unpaired) electrons. The fourth-order valence-corrected chi connectivity index (χ4v) is 1.73. The number of hydrogen-bond donors (Lipinski definition) is 0. The van der Waals surface area contributed by atoms with E-state index in [4.69, 9.17) is 23.4 Å². The third kappa shape index (κ3) is 1.56. The van der Waals surface area contributed by atoms with E-state index >= 15 is 0 Å². The predicted octanol–water partition coefficient (Wildman–Crippen LogP) is 2.25. The second-order valence-electron chi connectivity index (χ2n) is 2.83. The molecule has 0 aliphatic carbocycles. The summed E-state index contributed by atoms with van der Waals surface area (Å²) in [5.41, 5.74) is 2.26. The number of fused-ring (bicyclic) bond motifs is 1. The smallest absolute Gasteiger partial charge is 0.129 e. The molecule has 0 aromatic carbocycles. The molecule has 0 amide bonds. The number of aromatic nitrogens is 1. The predicted molar refractivity (Wildman–Crippen MR) is 49.2 cm³/mol. The van der Waals surface area contributed by atoms with Crippen LogP contribution in [0.4, 0.5) is 0 Å². The minimum atomic E-state index is 0.566. The van der Waals surface area contributed by atoms with Gasteiger partial charge in [-0.2, -0.15) is 0 Å². The first-order chi connectivity index (χ1) is 5.75. The minimum Gasteiger partial charge on any atom is -0.241 e. The van der Waals surface area contributed by atoms with Crippen molar-refractivity contribution in [2.75, 3.05) is 6.54 Å². The van der Waals surface area contributed by atoms with E-state index in [0.717, 1.165) is 25.2 Å². The highest BCUT2D eigenvalue weighted by atomic mass is 35.5. The lowest BCUT2D eigenvalue weighted by atomic mass is 10.1. The van der Waals surface area contributed by atoms with Crippen molar-refractivity contribution in [2.45, 2.75) is 13.0 Å². The summed E-state index contributed by atoms with van der Waals surface area (Å²) in [6, 6.07) is 3.79. The van der Waals surface area contributed by atoms with Gasteiger partial charge in [-0.1, -0.05) is 17.7 Å². The van der Waals surface area contributed by atoms with Crippen molar-refractivity contribution in [3.8, 4) is 0 Å². The van der Waals surface area contributed by atoms with Crippen molar-refractivity contribution in [2.24, 2.45) is 0 Å². The van der Waals surface area contributed by atoms with Gasteiger partial charge in [-0.3, -0.25) is 0 Å². The van der Waals surface area contributed by atoms with E-state index in [1.54, 1.807) is 10.5 Å². The molecule has 2 nitrogen and oxygen atoms in total. The van der Waals surface area contributed by atoms with Gasteiger partial charge in [0.1, 0.15) is 5.15 Å². The Morgan fingerprint density at radius 3 is 3.08 bits per heavy atom. The quantitative estimate of drug-likeness (QED) is 0.474. The molecule has 0 N–H and O–H groups in total. The summed E-state index contributed by atoms with van der Waals surface area (Å²) in [5.74, 6) is 0. The topological polar surface area (TPSA) is 16.1 Å². The first-order valence-electron chi connectivity index (χ1n) is 3.81. The second kappa shape index (κ2) is 3.21. The van der Waals surface area contributed by atoms with Crippen molar-refractivity contribution >= 4 is 23.4 Å². The van der Waals surface area contributed by atoms with Crippen molar-refractivity contribution in [1.82, 2.24) is 9.40 Å². The SMILES string of the molecule is Clc1ccc2c(n1)CCN(Cl)C2. The number of pyridine rings is 1. The van der Waals surface area contributed by atoms with Crippen LogP contribution in [-0.4, -0.2) is 15.9 Å². The molecule has 0 unspecified atom stereocenters. The van der Waals surface area contributed by atoms with E-state index in [2.05, 4.69) is 4.98 Å². The van der Waals surface area contributed by atoms with Gasteiger partial charge >= 0.3 is 0 Å². The summed E-state index contributed by atoms with van der Waals surface area (Å²) < 4.78 is 1.76. The van der Waals surface area contributed by atoms with Gasteiger partial charge in [0.25, 0.3) is 0 Å². The highest BCUT2D eigenvalue weighted by molar-refractivity contribution is 6.29. The minimum absolute atomic E-state index is 0.566. The number of hydrogen-bond acceptors (Lipinski definition) is 2. The van der Waals surface area contributed by atoms with Crippen LogP contribution in [0.3, 0.4) is 0 Å². The van der Waals surface area contributed by atoms with Crippen molar-refractivity contribution in [3.63, 3.8) is 0 Å². The van der Waals surface area contributed by atoms with Crippen LogP contribution in [0.1, 0.15) is 11.3 Å². The molecule has 1 aromatic heterocycles. The van der Waals surface area contributed by atoms with Gasteiger partial charge < -0.3 is 0 Å². The van der Waals surface area contributed by atoms with Crippen LogP contribution in [0.15, 0.2) is 12.1 Å². The zero-order valence-electron chi connectivity index (χ0n) is 6.43. The van der Waals surface area contributed by atoms with Crippen LogP contribution in [0.25, 0.3) is 0 Å². The highest BCUT2D eigenvalue weighted by Gasteiger charge is 2.15. The Labute approximate surface area is 81.2 Å². The summed E-state index contributed by atoms with van der Waals surface area (Å²) in [6.45, 7) is 1.61. The van der Waals surface area contributed by atoms with Gasteiger partial charge in [-0.15, -0.1) is 0 Å². The second-order valence-corrected chi connectivity index (χ2v) is 3.70. The van der Waals surface area contributed by atoms with E-state index in [1.807, 2.05) is 6.07 Å². The van der Waals surface area contributed by atoms with E-state index in [-0.39, 0.29) is 0 Å². The Hall–Kier alpha value is -0.310. The van der Waals surface area contributed by atoms with Gasteiger partial charge in [-0.05, 0) is 23.4 Å². The fourth-order valence-electron chi connectivity index (χ4n) is 1.36. The lowest BCUT2D eigenvalue weighted by Gasteiger charge is -2.21. The van der Waals surface area contributed by atoms with Gasteiger partial charge in [0.2, 0.25) is 0 Å². The average Bonchev–Trinajstić information content (AvgIpc) is 2.05. The molecule has 64 valence electrons. The van der Waals surface area contributed by atoms with Crippen LogP contribution in [0.2, 0.25) is 5.15 Å². The standard InChI is InChI=1S/C8H8Cl2N2/c9-8-2-1-6-5-12(10)4-3-7(6)11-8/h1-2H,3-5H2. The Kier molecular flexibility index (Phi) is 2.22. The third-order valence-corrected chi connectivity index (χ3v) is 2.47. The van der Waals surface area contributed by atoms with Crippen LogP contribution in [0, 0.1) is 0 Å². The Morgan fingerprint density at radius 1 is 1.42 bits per heavy atom. The number of halogens is 2. The number of rotatable bonds is 0. The van der Waals surface area contributed by atoms with Gasteiger partial charge in [0.05, 0.1) is 0 Å². The molecule has 0 bridgehead atoms.